The van der Waals surface area contributed by atoms with E-state index in [1.807, 2.05) is 73.7 Å². The van der Waals surface area contributed by atoms with Crippen molar-refractivity contribution in [3.8, 4) is 0 Å². The number of imide groups is 1. The molecule has 33 heavy (non-hydrogen) atoms. The second-order valence-electron chi connectivity index (χ2n) is 8.23. The van der Waals surface area contributed by atoms with Gasteiger partial charge in [0.2, 0.25) is 0 Å². The van der Waals surface area contributed by atoms with Crippen LogP contribution in [-0.2, 0) is 23.3 Å². The first-order valence-electron chi connectivity index (χ1n) is 10.7. The Labute approximate surface area is 190 Å². The number of benzene rings is 2. The first-order valence-corrected chi connectivity index (χ1v) is 10.7. The molecule has 1 saturated heterocycles. The number of urea groups is 1. The Balaban J connectivity index is 1.55. The van der Waals surface area contributed by atoms with Gasteiger partial charge in [0.05, 0.1) is 12.2 Å². The normalized spacial score (nSPS) is 18.0. The predicted molar refractivity (Wildman–Crippen MR) is 124 cm³/mol. The summed E-state index contributed by atoms with van der Waals surface area (Å²) in [7, 11) is 0. The first kappa shape index (κ1) is 20.6. The molecule has 0 aliphatic carbocycles. The van der Waals surface area contributed by atoms with E-state index in [2.05, 4.69) is 10.3 Å². The molecule has 2 aromatic heterocycles. The Morgan fingerprint density at radius 1 is 0.909 bits per heavy atom. The molecule has 1 N–H and O–H groups in total. The van der Waals surface area contributed by atoms with Crippen LogP contribution in [0.4, 0.5) is 4.79 Å². The maximum absolute atomic E-state index is 13.8. The number of fused-ring (bicyclic) bond motifs is 1. The highest BCUT2D eigenvalue weighted by atomic mass is 16.2. The van der Waals surface area contributed by atoms with Gasteiger partial charge in [0.25, 0.3) is 11.5 Å². The fraction of sp³-hybridized carbons (Fsp3) is 0.154. The lowest BCUT2D eigenvalue weighted by Gasteiger charge is -2.27. The number of amides is 3. The van der Waals surface area contributed by atoms with E-state index in [1.54, 1.807) is 12.3 Å². The fourth-order valence-electron chi connectivity index (χ4n) is 4.36. The third kappa shape index (κ3) is 3.57. The zero-order valence-electron chi connectivity index (χ0n) is 18.1. The summed E-state index contributed by atoms with van der Waals surface area (Å²) in [5, 5.41) is 2.94. The van der Waals surface area contributed by atoms with Gasteiger partial charge >= 0.3 is 6.03 Å². The molecule has 1 unspecified atom stereocenters. The summed E-state index contributed by atoms with van der Waals surface area (Å²) in [4.78, 5) is 45.2. The first-order chi connectivity index (χ1) is 16.0. The van der Waals surface area contributed by atoms with Gasteiger partial charge in [-0.2, -0.15) is 0 Å². The molecular formula is C26H22N4O3. The molecule has 0 saturated carbocycles. The van der Waals surface area contributed by atoms with E-state index in [4.69, 9.17) is 0 Å². The van der Waals surface area contributed by atoms with Crippen LogP contribution in [0.5, 0.6) is 0 Å². The number of pyridine rings is 1. The summed E-state index contributed by atoms with van der Waals surface area (Å²) in [6.45, 7) is 1.77. The minimum Gasteiger partial charge on any atom is -0.319 e. The van der Waals surface area contributed by atoms with Crippen LogP contribution < -0.4 is 10.9 Å². The smallest absolute Gasteiger partial charge is 0.319 e. The Morgan fingerprint density at radius 2 is 1.61 bits per heavy atom. The number of aryl methyl sites for hydroxylation is 1. The molecule has 1 fully saturated rings. The number of rotatable bonds is 5. The number of hydrogen-bond acceptors (Lipinski definition) is 4. The van der Waals surface area contributed by atoms with Crippen LogP contribution in [-0.4, -0.2) is 26.2 Å². The predicted octanol–water partition coefficient (Wildman–Crippen LogP) is 3.19. The number of nitrogens with zero attached hydrogens (tertiary/aromatic N) is 3. The van der Waals surface area contributed by atoms with Gasteiger partial charge in [-0.25, -0.2) is 9.78 Å². The summed E-state index contributed by atoms with van der Waals surface area (Å²) < 4.78 is 1.45. The molecule has 0 bridgehead atoms. The van der Waals surface area contributed by atoms with Crippen LogP contribution in [0.1, 0.15) is 22.4 Å². The zero-order chi connectivity index (χ0) is 23.0. The largest absolute Gasteiger partial charge is 0.325 e. The molecule has 0 radical (unpaired) electrons. The molecule has 1 aliphatic rings. The lowest BCUT2D eigenvalue weighted by molar-refractivity contribution is -0.132. The van der Waals surface area contributed by atoms with E-state index >= 15 is 0 Å². The number of carbonyl (C=O) groups excluding carboxylic acids is 2. The highest BCUT2D eigenvalue weighted by Gasteiger charge is 2.52. The van der Waals surface area contributed by atoms with Gasteiger partial charge in [0.1, 0.15) is 5.65 Å². The van der Waals surface area contributed by atoms with Crippen molar-refractivity contribution in [2.45, 2.75) is 25.4 Å². The van der Waals surface area contributed by atoms with Crippen molar-refractivity contribution in [3.05, 3.63) is 118 Å². The molecule has 5 rings (SSSR count). The monoisotopic (exact) mass is 438 g/mol. The summed E-state index contributed by atoms with van der Waals surface area (Å²) in [6.07, 6.45) is 1.96. The fourth-order valence-corrected chi connectivity index (χ4v) is 4.36. The van der Waals surface area contributed by atoms with Crippen LogP contribution in [0.25, 0.3) is 5.65 Å². The van der Waals surface area contributed by atoms with E-state index in [9.17, 15) is 14.4 Å². The lowest BCUT2D eigenvalue weighted by atomic mass is 9.83. The lowest BCUT2D eigenvalue weighted by Crippen LogP contribution is -2.46. The molecule has 2 aromatic carbocycles. The van der Waals surface area contributed by atoms with Crippen LogP contribution in [0.3, 0.4) is 0 Å². The molecule has 3 amide bonds. The van der Waals surface area contributed by atoms with Crippen molar-refractivity contribution in [3.63, 3.8) is 0 Å². The van der Waals surface area contributed by atoms with Crippen LogP contribution in [0, 0.1) is 6.92 Å². The third-order valence-corrected chi connectivity index (χ3v) is 6.01. The summed E-state index contributed by atoms with van der Waals surface area (Å²) >= 11 is 0. The zero-order valence-corrected chi connectivity index (χ0v) is 18.1. The van der Waals surface area contributed by atoms with E-state index in [-0.39, 0.29) is 18.0 Å². The summed E-state index contributed by atoms with van der Waals surface area (Å²) in [6, 6.07) is 23.3. The molecule has 3 heterocycles. The van der Waals surface area contributed by atoms with Gasteiger partial charge in [0, 0.05) is 18.7 Å². The minimum absolute atomic E-state index is 0.0892. The number of aromatic nitrogens is 2. The van der Waals surface area contributed by atoms with Gasteiger partial charge < -0.3 is 5.32 Å². The summed E-state index contributed by atoms with van der Waals surface area (Å²) in [5.74, 6) is -0.366. The van der Waals surface area contributed by atoms with Gasteiger partial charge in [-0.15, -0.1) is 0 Å². The minimum atomic E-state index is -1.23. The second-order valence-corrected chi connectivity index (χ2v) is 8.23. The molecular weight excluding hydrogens is 416 g/mol. The molecule has 164 valence electrons. The molecule has 0 spiro atoms. The molecule has 7 heteroatoms. The Kier molecular flexibility index (Phi) is 5.01. The average Bonchev–Trinajstić information content (AvgIpc) is 3.06. The Hall–Kier alpha value is -4.26. The van der Waals surface area contributed by atoms with Crippen molar-refractivity contribution < 1.29 is 9.59 Å². The van der Waals surface area contributed by atoms with Crippen molar-refractivity contribution in [2.75, 3.05) is 0 Å². The van der Waals surface area contributed by atoms with E-state index in [1.165, 1.54) is 10.5 Å². The highest BCUT2D eigenvalue weighted by molar-refractivity contribution is 6.07. The van der Waals surface area contributed by atoms with Gasteiger partial charge in [-0.05, 0) is 29.7 Å². The number of hydrogen-bond donors (Lipinski definition) is 1. The van der Waals surface area contributed by atoms with Crippen molar-refractivity contribution in [1.82, 2.24) is 19.6 Å². The van der Waals surface area contributed by atoms with Crippen molar-refractivity contribution >= 4 is 17.6 Å². The molecule has 1 aliphatic heterocycles. The van der Waals surface area contributed by atoms with Gasteiger partial charge in [-0.3, -0.25) is 18.9 Å². The topological polar surface area (TPSA) is 83.8 Å². The average molecular weight is 438 g/mol. The van der Waals surface area contributed by atoms with E-state index in [0.29, 0.717) is 23.3 Å². The maximum atomic E-state index is 13.8. The number of nitrogens with one attached hydrogen (secondary N) is 1. The van der Waals surface area contributed by atoms with E-state index in [0.717, 1.165) is 16.0 Å². The Morgan fingerprint density at radius 3 is 2.33 bits per heavy atom. The Bertz CT molecular complexity index is 1420. The number of carbonyl (C=O) groups is 2. The van der Waals surface area contributed by atoms with Crippen molar-refractivity contribution in [2.24, 2.45) is 0 Å². The maximum Gasteiger partial charge on any atom is 0.325 e. The quantitative estimate of drug-likeness (QED) is 0.485. The van der Waals surface area contributed by atoms with E-state index < -0.39 is 11.6 Å². The van der Waals surface area contributed by atoms with Gasteiger partial charge in [0.15, 0.2) is 5.54 Å². The van der Waals surface area contributed by atoms with Crippen LogP contribution in [0.2, 0.25) is 0 Å². The summed E-state index contributed by atoms with van der Waals surface area (Å²) in [5.41, 5.74) is 1.83. The molecule has 4 aromatic rings. The van der Waals surface area contributed by atoms with Crippen LogP contribution >= 0.6 is 0 Å². The standard InChI is InChI=1S/C26H22N4O3/c1-18-9-8-14-29-22(31)15-21(27-23(18)29)17-30-24(32)26(28-25(30)33,20-12-6-3-7-13-20)16-19-10-4-2-5-11-19/h2-15H,16-17H2,1H3,(H,28,33). The van der Waals surface area contributed by atoms with Crippen molar-refractivity contribution in [1.29, 1.82) is 0 Å². The second kappa shape index (κ2) is 8.02. The van der Waals surface area contributed by atoms with Crippen LogP contribution in [0.15, 0.2) is 89.9 Å². The van der Waals surface area contributed by atoms with Gasteiger partial charge in [-0.1, -0.05) is 66.7 Å². The highest BCUT2D eigenvalue weighted by Crippen LogP contribution is 2.33. The SMILES string of the molecule is Cc1cccn2c(=O)cc(CN3C(=O)NC(Cc4ccccc4)(c4ccccc4)C3=O)nc12. The third-order valence-electron chi connectivity index (χ3n) is 6.01. The molecule has 1 atom stereocenters. The molecule has 7 nitrogen and oxygen atoms in total.